The van der Waals surface area contributed by atoms with Crippen LogP contribution in [0.3, 0.4) is 0 Å². The summed E-state index contributed by atoms with van der Waals surface area (Å²) in [7, 11) is 0. The third kappa shape index (κ3) is 2.83. The van der Waals surface area contributed by atoms with Crippen molar-refractivity contribution in [1.82, 2.24) is 4.98 Å². The molecule has 1 aliphatic rings. The van der Waals surface area contributed by atoms with E-state index in [-0.39, 0.29) is 0 Å². The molecule has 0 radical (unpaired) electrons. The number of pyridine rings is 1. The molecule has 1 aromatic heterocycles. The van der Waals surface area contributed by atoms with Crippen LogP contribution < -0.4 is 0 Å². The first-order valence-corrected chi connectivity index (χ1v) is 5.84. The lowest BCUT2D eigenvalue weighted by atomic mass is 10.0. The zero-order chi connectivity index (χ0) is 10.4. The van der Waals surface area contributed by atoms with Gasteiger partial charge in [-0.25, -0.2) is 0 Å². The van der Waals surface area contributed by atoms with Crippen molar-refractivity contribution in [2.75, 3.05) is 0 Å². The molecule has 1 saturated carbocycles. The summed E-state index contributed by atoms with van der Waals surface area (Å²) in [6.45, 7) is 6.23. The Morgan fingerprint density at radius 3 is 2.64 bits per heavy atom. The Kier molecular flexibility index (Phi) is 4.64. The average molecular weight is 191 g/mol. The van der Waals surface area contributed by atoms with Crippen molar-refractivity contribution in [1.29, 1.82) is 0 Å². The molecule has 1 nitrogen and oxygen atoms in total. The van der Waals surface area contributed by atoms with Crippen LogP contribution in [0.25, 0.3) is 0 Å². The first-order chi connectivity index (χ1) is 6.92. The molecule has 0 saturated heterocycles. The molecule has 14 heavy (non-hydrogen) atoms. The maximum Gasteiger partial charge on any atom is 0.0305 e. The van der Waals surface area contributed by atoms with Gasteiger partial charge in [0, 0.05) is 12.4 Å². The topological polar surface area (TPSA) is 12.9 Å². The molecule has 1 aromatic rings. The van der Waals surface area contributed by atoms with Crippen molar-refractivity contribution >= 4 is 0 Å². The Hall–Kier alpha value is -0.850. The van der Waals surface area contributed by atoms with Gasteiger partial charge in [-0.3, -0.25) is 4.98 Å². The highest BCUT2D eigenvalue weighted by Gasteiger charge is 2.25. The van der Waals surface area contributed by atoms with E-state index < -0.39 is 0 Å². The van der Waals surface area contributed by atoms with E-state index in [0.717, 1.165) is 5.92 Å². The van der Waals surface area contributed by atoms with Gasteiger partial charge in [0.2, 0.25) is 0 Å². The second-order valence-electron chi connectivity index (χ2n) is 3.60. The number of aryl methyl sites for hydroxylation is 1. The minimum atomic E-state index is 0.847. The van der Waals surface area contributed by atoms with Gasteiger partial charge >= 0.3 is 0 Å². The number of rotatable bonds is 3. The fraction of sp³-hybridized carbons (Fsp3) is 0.615. The molecule has 1 aliphatic carbocycles. The summed E-state index contributed by atoms with van der Waals surface area (Å²) in [5.41, 5.74) is 3.04. The first-order valence-electron chi connectivity index (χ1n) is 5.84. The van der Waals surface area contributed by atoms with Gasteiger partial charge in [-0.15, -0.1) is 0 Å². The lowest BCUT2D eigenvalue weighted by molar-refractivity contribution is 0.889. The van der Waals surface area contributed by atoms with Crippen molar-refractivity contribution in [3.63, 3.8) is 0 Å². The minimum absolute atomic E-state index is 0.847. The van der Waals surface area contributed by atoms with E-state index in [1.807, 2.05) is 20.0 Å². The molecule has 0 aliphatic heterocycles. The van der Waals surface area contributed by atoms with E-state index in [1.54, 1.807) is 0 Å². The largest absolute Gasteiger partial charge is 0.264 e. The molecule has 1 fully saturated rings. The summed E-state index contributed by atoms with van der Waals surface area (Å²) in [5, 5.41) is 0. The molecule has 0 aromatic carbocycles. The van der Waals surface area contributed by atoms with Gasteiger partial charge in [-0.2, -0.15) is 0 Å². The maximum absolute atomic E-state index is 4.19. The second kappa shape index (κ2) is 5.79. The lowest BCUT2D eigenvalue weighted by Crippen LogP contribution is -1.92. The number of aromatic nitrogens is 1. The van der Waals surface area contributed by atoms with Crippen LogP contribution in [0.4, 0.5) is 0 Å². The fourth-order valence-corrected chi connectivity index (χ4v) is 1.69. The van der Waals surface area contributed by atoms with Crippen molar-refractivity contribution in [2.45, 2.75) is 52.4 Å². The van der Waals surface area contributed by atoms with Crippen molar-refractivity contribution in [3.8, 4) is 0 Å². The highest BCUT2D eigenvalue weighted by molar-refractivity contribution is 5.30. The molecule has 0 atom stereocenters. The van der Waals surface area contributed by atoms with Crippen LogP contribution in [0.2, 0.25) is 0 Å². The van der Waals surface area contributed by atoms with Crippen LogP contribution in [0.1, 0.15) is 57.1 Å². The minimum Gasteiger partial charge on any atom is -0.264 e. The fourth-order valence-electron chi connectivity index (χ4n) is 1.69. The van der Waals surface area contributed by atoms with Crippen LogP contribution in [-0.2, 0) is 6.42 Å². The predicted molar refractivity (Wildman–Crippen MR) is 61.6 cm³/mol. The van der Waals surface area contributed by atoms with E-state index in [9.17, 15) is 0 Å². The van der Waals surface area contributed by atoms with Gasteiger partial charge in [0.25, 0.3) is 0 Å². The summed E-state index contributed by atoms with van der Waals surface area (Å²) in [5.74, 6) is 0.847. The summed E-state index contributed by atoms with van der Waals surface area (Å²) in [6, 6.07) is 2.18. The van der Waals surface area contributed by atoms with Crippen molar-refractivity contribution in [2.24, 2.45) is 0 Å². The Morgan fingerprint density at radius 2 is 2.07 bits per heavy atom. The summed E-state index contributed by atoms with van der Waals surface area (Å²) < 4.78 is 0. The average Bonchev–Trinajstić information content (AvgIpc) is 3.06. The molecule has 0 N–H and O–H groups in total. The monoisotopic (exact) mass is 191 g/mol. The maximum atomic E-state index is 4.19. The van der Waals surface area contributed by atoms with Crippen molar-refractivity contribution < 1.29 is 0 Å². The molecular weight excluding hydrogens is 170 g/mol. The van der Waals surface area contributed by atoms with E-state index >= 15 is 0 Å². The van der Waals surface area contributed by atoms with Crippen molar-refractivity contribution in [3.05, 3.63) is 29.6 Å². The Balaban J connectivity index is 0.000000461. The van der Waals surface area contributed by atoms with Gasteiger partial charge in [0.05, 0.1) is 0 Å². The Bertz CT molecular complexity index is 264. The normalized spacial score (nSPS) is 14.5. The molecular formula is C13H21N. The third-order valence-corrected chi connectivity index (χ3v) is 2.48. The third-order valence-electron chi connectivity index (χ3n) is 2.48. The van der Waals surface area contributed by atoms with Crippen LogP contribution in [-0.4, -0.2) is 4.98 Å². The first kappa shape index (κ1) is 11.2. The Labute approximate surface area is 87.6 Å². The highest BCUT2D eigenvalue weighted by Crippen LogP contribution is 2.41. The zero-order valence-corrected chi connectivity index (χ0v) is 9.59. The molecule has 78 valence electrons. The van der Waals surface area contributed by atoms with E-state index in [0.29, 0.717) is 0 Å². The molecule has 0 bridgehead atoms. The number of hydrogen-bond donors (Lipinski definition) is 0. The van der Waals surface area contributed by atoms with Crippen LogP contribution in [0.5, 0.6) is 0 Å². The number of nitrogens with zero attached hydrogens (tertiary/aromatic N) is 1. The predicted octanol–water partition coefficient (Wildman–Crippen LogP) is 3.94. The summed E-state index contributed by atoms with van der Waals surface area (Å²) >= 11 is 0. The van der Waals surface area contributed by atoms with Gasteiger partial charge in [-0.1, -0.05) is 27.2 Å². The molecule has 2 rings (SSSR count). The molecule has 0 spiro atoms. The molecule has 0 unspecified atom stereocenters. The molecule has 1 heterocycles. The van der Waals surface area contributed by atoms with Gasteiger partial charge < -0.3 is 0 Å². The van der Waals surface area contributed by atoms with Gasteiger partial charge in [0.1, 0.15) is 0 Å². The van der Waals surface area contributed by atoms with E-state index in [4.69, 9.17) is 0 Å². The van der Waals surface area contributed by atoms with Gasteiger partial charge in [-0.05, 0) is 42.4 Å². The SMILES string of the molecule is CC.CCCc1ccncc1C1CC1. The van der Waals surface area contributed by atoms with E-state index in [1.165, 1.54) is 36.8 Å². The molecule has 0 amide bonds. The van der Waals surface area contributed by atoms with E-state index in [2.05, 4.69) is 24.2 Å². The zero-order valence-electron chi connectivity index (χ0n) is 9.59. The van der Waals surface area contributed by atoms with Crippen LogP contribution in [0, 0.1) is 0 Å². The second-order valence-corrected chi connectivity index (χ2v) is 3.60. The Morgan fingerprint density at radius 1 is 1.36 bits per heavy atom. The van der Waals surface area contributed by atoms with Crippen LogP contribution in [0.15, 0.2) is 18.5 Å². The highest BCUT2D eigenvalue weighted by atomic mass is 14.6. The lowest BCUT2D eigenvalue weighted by Gasteiger charge is -2.05. The number of hydrogen-bond acceptors (Lipinski definition) is 1. The molecule has 1 heteroatoms. The smallest absolute Gasteiger partial charge is 0.0305 e. The van der Waals surface area contributed by atoms with Gasteiger partial charge in [0.15, 0.2) is 0 Å². The van der Waals surface area contributed by atoms with Crippen LogP contribution >= 0.6 is 0 Å². The quantitative estimate of drug-likeness (QED) is 0.705. The summed E-state index contributed by atoms with van der Waals surface area (Å²) in [4.78, 5) is 4.19. The standard InChI is InChI=1S/C11H15N.C2H6/c1-2-3-9-6-7-12-8-11(9)10-4-5-10;1-2/h6-8,10H,2-5H2,1H3;1-2H3. The summed E-state index contributed by atoms with van der Waals surface area (Å²) in [6.07, 6.45) is 9.18.